The van der Waals surface area contributed by atoms with Crippen LogP contribution in [0.5, 0.6) is 0 Å². The molecule has 0 aliphatic carbocycles. The van der Waals surface area contributed by atoms with Crippen molar-refractivity contribution in [3.8, 4) is 39.3 Å². The molecule has 3 heterocycles. The van der Waals surface area contributed by atoms with Gasteiger partial charge in [-0.2, -0.15) is 0 Å². The molecule has 0 spiro atoms. The number of imide groups is 1. The van der Waals surface area contributed by atoms with Crippen LogP contribution in [0.4, 0.5) is 5.69 Å². The van der Waals surface area contributed by atoms with Crippen molar-refractivity contribution < 1.29 is 9.59 Å². The first-order chi connectivity index (χ1) is 24.5. The molecular formula is C43H29N5O2. The van der Waals surface area contributed by atoms with Crippen molar-refractivity contribution in [1.29, 1.82) is 0 Å². The summed E-state index contributed by atoms with van der Waals surface area (Å²) in [6.07, 6.45) is 0. The predicted molar refractivity (Wildman–Crippen MR) is 198 cm³/mol. The molecule has 0 atom stereocenters. The lowest BCUT2D eigenvalue weighted by Gasteiger charge is -2.22. The molecule has 8 aromatic rings. The van der Waals surface area contributed by atoms with Gasteiger partial charge in [0.2, 0.25) is 0 Å². The number of carbonyl (C=O) groups excluding carboxylic acids is 2. The molecule has 50 heavy (non-hydrogen) atoms. The smallest absolute Gasteiger partial charge is 0.268 e. The Hall–Kier alpha value is -6.73. The second kappa shape index (κ2) is 11.5. The van der Waals surface area contributed by atoms with E-state index in [1.807, 2.05) is 135 Å². The van der Waals surface area contributed by atoms with E-state index in [0.29, 0.717) is 40.0 Å². The predicted octanol–water partition coefficient (Wildman–Crippen LogP) is 9.39. The molecule has 0 unspecified atom stereocenters. The SMILES string of the molecule is Cc1nc(C)nc(-c2cccc3c4ccccc4n(-c4cccc5c4C(=O)N(c4cccc(-c6ccccc6)c4-c4ccccc4)C5=O)c23)n1. The summed E-state index contributed by atoms with van der Waals surface area (Å²) in [5.41, 5.74) is 8.06. The van der Waals surface area contributed by atoms with E-state index in [1.165, 1.54) is 4.90 Å². The maximum Gasteiger partial charge on any atom is 0.268 e. The van der Waals surface area contributed by atoms with E-state index in [-0.39, 0.29) is 11.8 Å². The van der Waals surface area contributed by atoms with E-state index in [1.54, 1.807) is 6.07 Å². The Bertz CT molecular complexity index is 2640. The molecule has 0 bridgehead atoms. The lowest BCUT2D eigenvalue weighted by atomic mass is 9.92. The zero-order valence-corrected chi connectivity index (χ0v) is 27.3. The van der Waals surface area contributed by atoms with Crippen molar-refractivity contribution in [2.24, 2.45) is 0 Å². The first-order valence-electron chi connectivity index (χ1n) is 16.5. The standard InChI is InChI=1S/C43H29N5O2/c1-26-44-27(2)46-41(45-26)34-22-11-20-32-31-18-9-10-23-35(31)47(40(32)34)37-25-13-21-33-39(37)43(50)48(42(33)49)36-24-12-19-30(28-14-5-3-6-15-28)38(36)29-16-7-4-8-17-29/h3-25H,1-2H3. The van der Waals surface area contributed by atoms with E-state index in [0.717, 1.165) is 49.6 Å². The average Bonchev–Trinajstić information content (AvgIpc) is 3.62. The van der Waals surface area contributed by atoms with Crippen molar-refractivity contribution in [3.05, 3.63) is 162 Å². The first kappa shape index (κ1) is 29.4. The summed E-state index contributed by atoms with van der Waals surface area (Å²) in [5, 5.41) is 2.00. The van der Waals surface area contributed by atoms with Gasteiger partial charge in [-0.25, -0.2) is 19.9 Å². The van der Waals surface area contributed by atoms with Crippen LogP contribution in [-0.2, 0) is 0 Å². The van der Waals surface area contributed by atoms with Gasteiger partial charge < -0.3 is 4.57 Å². The van der Waals surface area contributed by atoms with Crippen molar-refractivity contribution in [2.45, 2.75) is 13.8 Å². The first-order valence-corrected chi connectivity index (χ1v) is 16.5. The Morgan fingerprint density at radius 1 is 0.460 bits per heavy atom. The minimum absolute atomic E-state index is 0.349. The van der Waals surface area contributed by atoms with Crippen LogP contribution in [0.15, 0.2) is 140 Å². The van der Waals surface area contributed by atoms with Crippen LogP contribution < -0.4 is 4.90 Å². The van der Waals surface area contributed by atoms with Crippen LogP contribution in [0.2, 0.25) is 0 Å². The van der Waals surface area contributed by atoms with Crippen molar-refractivity contribution in [2.75, 3.05) is 4.90 Å². The number of benzene rings is 6. The number of fused-ring (bicyclic) bond motifs is 4. The fraction of sp³-hybridized carbons (Fsp3) is 0.0465. The van der Waals surface area contributed by atoms with Crippen molar-refractivity contribution in [3.63, 3.8) is 0 Å². The fourth-order valence-corrected chi connectivity index (χ4v) is 7.35. The lowest BCUT2D eigenvalue weighted by molar-refractivity contribution is 0.0926. The van der Waals surface area contributed by atoms with Crippen LogP contribution in [-0.4, -0.2) is 31.3 Å². The minimum atomic E-state index is -0.377. The van der Waals surface area contributed by atoms with E-state index < -0.39 is 0 Å². The molecule has 7 nitrogen and oxygen atoms in total. The molecule has 0 saturated carbocycles. The number of aryl methyl sites for hydroxylation is 2. The van der Waals surface area contributed by atoms with Gasteiger partial charge in [0.1, 0.15) is 11.6 Å². The van der Waals surface area contributed by atoms with E-state index in [2.05, 4.69) is 21.7 Å². The third kappa shape index (κ3) is 4.48. The average molecular weight is 648 g/mol. The molecule has 238 valence electrons. The molecule has 2 amide bonds. The molecule has 1 aliphatic rings. The normalized spacial score (nSPS) is 12.6. The second-order valence-electron chi connectivity index (χ2n) is 12.4. The summed E-state index contributed by atoms with van der Waals surface area (Å²) in [4.78, 5) is 44.6. The number of anilines is 1. The molecule has 2 aromatic heterocycles. The topological polar surface area (TPSA) is 81.0 Å². The summed E-state index contributed by atoms with van der Waals surface area (Å²) in [6.45, 7) is 3.71. The number of hydrogen-bond donors (Lipinski definition) is 0. The van der Waals surface area contributed by atoms with Gasteiger partial charge in [0, 0.05) is 21.9 Å². The van der Waals surface area contributed by atoms with Gasteiger partial charge in [-0.1, -0.05) is 109 Å². The molecule has 6 aromatic carbocycles. The highest BCUT2D eigenvalue weighted by molar-refractivity contribution is 6.37. The molecule has 1 aliphatic heterocycles. The molecule has 0 fully saturated rings. The zero-order chi connectivity index (χ0) is 33.9. The highest BCUT2D eigenvalue weighted by atomic mass is 16.2. The largest absolute Gasteiger partial charge is 0.308 e. The van der Waals surface area contributed by atoms with Crippen LogP contribution in [0.3, 0.4) is 0 Å². The monoisotopic (exact) mass is 647 g/mol. The van der Waals surface area contributed by atoms with E-state index in [4.69, 9.17) is 9.97 Å². The van der Waals surface area contributed by atoms with Gasteiger partial charge in [-0.15, -0.1) is 0 Å². The molecule has 7 heteroatoms. The van der Waals surface area contributed by atoms with Gasteiger partial charge in [-0.05, 0) is 60.9 Å². The quantitative estimate of drug-likeness (QED) is 0.174. The van der Waals surface area contributed by atoms with Crippen LogP contribution in [0.25, 0.3) is 61.1 Å². The number of hydrogen-bond acceptors (Lipinski definition) is 5. The Labute approximate surface area is 288 Å². The fourth-order valence-electron chi connectivity index (χ4n) is 7.35. The summed E-state index contributed by atoms with van der Waals surface area (Å²) in [7, 11) is 0. The Morgan fingerprint density at radius 2 is 1.04 bits per heavy atom. The number of aromatic nitrogens is 4. The third-order valence-electron chi connectivity index (χ3n) is 9.36. The van der Waals surface area contributed by atoms with Crippen LogP contribution in [0, 0.1) is 13.8 Å². The number of para-hydroxylation sites is 2. The van der Waals surface area contributed by atoms with E-state index in [9.17, 15) is 9.59 Å². The molecular weight excluding hydrogens is 619 g/mol. The Kier molecular flexibility index (Phi) is 6.74. The Morgan fingerprint density at radius 3 is 1.78 bits per heavy atom. The number of carbonyl (C=O) groups is 2. The maximum atomic E-state index is 14.9. The number of rotatable bonds is 5. The van der Waals surface area contributed by atoms with Crippen molar-refractivity contribution in [1.82, 2.24) is 19.5 Å². The van der Waals surface area contributed by atoms with Crippen molar-refractivity contribution >= 4 is 39.3 Å². The summed E-state index contributed by atoms with van der Waals surface area (Å²) in [6, 6.07) is 45.5. The summed E-state index contributed by atoms with van der Waals surface area (Å²) < 4.78 is 2.08. The highest BCUT2D eigenvalue weighted by Crippen LogP contribution is 2.44. The molecule has 0 N–H and O–H groups in total. The Balaban J connectivity index is 1.30. The summed E-state index contributed by atoms with van der Waals surface area (Å²) in [5.74, 6) is 1.05. The maximum absolute atomic E-state index is 14.9. The van der Waals surface area contributed by atoms with Gasteiger partial charge in [0.25, 0.3) is 11.8 Å². The molecule has 0 radical (unpaired) electrons. The van der Waals surface area contributed by atoms with Gasteiger partial charge in [0.15, 0.2) is 5.82 Å². The molecule has 0 saturated heterocycles. The number of nitrogens with zero attached hydrogens (tertiary/aromatic N) is 5. The minimum Gasteiger partial charge on any atom is -0.308 e. The lowest BCUT2D eigenvalue weighted by Crippen LogP contribution is -2.30. The third-order valence-corrected chi connectivity index (χ3v) is 9.36. The highest BCUT2D eigenvalue weighted by Gasteiger charge is 2.41. The molecule has 9 rings (SSSR count). The van der Waals surface area contributed by atoms with E-state index >= 15 is 0 Å². The zero-order valence-electron chi connectivity index (χ0n) is 27.3. The number of amides is 2. The van der Waals surface area contributed by atoms with Gasteiger partial charge in [0.05, 0.1) is 33.5 Å². The van der Waals surface area contributed by atoms with Crippen LogP contribution in [0.1, 0.15) is 32.4 Å². The van der Waals surface area contributed by atoms with Crippen LogP contribution >= 0.6 is 0 Å². The second-order valence-corrected chi connectivity index (χ2v) is 12.4. The summed E-state index contributed by atoms with van der Waals surface area (Å²) >= 11 is 0. The van der Waals surface area contributed by atoms with Gasteiger partial charge in [-0.3, -0.25) is 9.59 Å². The van der Waals surface area contributed by atoms with Gasteiger partial charge >= 0.3 is 0 Å².